The lowest BCUT2D eigenvalue weighted by molar-refractivity contribution is -0.145. The number of rotatable bonds is 4. The van der Waals surface area contributed by atoms with Crippen molar-refractivity contribution in [3.8, 4) is 11.6 Å². The summed E-state index contributed by atoms with van der Waals surface area (Å²) < 4.78 is 41.1. The Morgan fingerprint density at radius 2 is 2.16 bits per heavy atom. The van der Waals surface area contributed by atoms with E-state index >= 15 is 4.39 Å². The van der Waals surface area contributed by atoms with Gasteiger partial charge in [0.2, 0.25) is 11.8 Å². The summed E-state index contributed by atoms with van der Waals surface area (Å²) in [6.45, 7) is 8.93. The number of pyridine rings is 1. The Hall–Kier alpha value is -3.58. The molecule has 8 nitrogen and oxygen atoms in total. The van der Waals surface area contributed by atoms with Gasteiger partial charge >= 0.3 is 0 Å². The van der Waals surface area contributed by atoms with Gasteiger partial charge in [0.05, 0.1) is 25.2 Å². The van der Waals surface area contributed by atoms with E-state index in [4.69, 9.17) is 21.8 Å². The van der Waals surface area contributed by atoms with Crippen LogP contribution in [-0.2, 0) is 15.1 Å². The van der Waals surface area contributed by atoms with Crippen LogP contribution in [0.4, 0.5) is 14.5 Å². The molecule has 0 aliphatic carbocycles. The van der Waals surface area contributed by atoms with Gasteiger partial charge in [-0.05, 0) is 25.0 Å². The second kappa shape index (κ2) is 8.16. The summed E-state index contributed by atoms with van der Waals surface area (Å²) in [6, 6.07) is 4.65. The van der Waals surface area contributed by atoms with Crippen molar-refractivity contribution in [2.75, 3.05) is 13.7 Å². The van der Waals surface area contributed by atoms with E-state index in [0.29, 0.717) is 18.9 Å². The van der Waals surface area contributed by atoms with Gasteiger partial charge in [0.15, 0.2) is 23.2 Å². The predicted molar refractivity (Wildman–Crippen MR) is 111 cm³/mol. The summed E-state index contributed by atoms with van der Waals surface area (Å²) in [5.41, 5.74) is 4.71. The number of carbonyl (C=O) groups excluding carboxylic acids is 1. The highest BCUT2D eigenvalue weighted by Crippen LogP contribution is 2.47. The van der Waals surface area contributed by atoms with Gasteiger partial charge in [-0.1, -0.05) is 6.92 Å². The predicted octanol–water partition coefficient (Wildman–Crippen LogP) is 3.50. The van der Waals surface area contributed by atoms with E-state index < -0.39 is 23.1 Å². The van der Waals surface area contributed by atoms with Crippen molar-refractivity contribution in [3.63, 3.8) is 0 Å². The first kappa shape index (κ1) is 21.6. The van der Waals surface area contributed by atoms with Crippen LogP contribution >= 0.6 is 0 Å². The van der Waals surface area contributed by atoms with E-state index in [1.807, 2.05) is 6.92 Å². The Labute approximate surface area is 183 Å². The van der Waals surface area contributed by atoms with Crippen molar-refractivity contribution < 1.29 is 23.0 Å². The van der Waals surface area contributed by atoms with E-state index in [-0.39, 0.29) is 47.5 Å². The molecule has 4 rings (SSSR count). The summed E-state index contributed by atoms with van der Waals surface area (Å²) in [6.07, 6.45) is 2.14. The third-order valence-corrected chi connectivity index (χ3v) is 5.91. The highest BCUT2D eigenvalue weighted by Gasteiger charge is 2.54. The number of hydrogen-bond donors (Lipinski definition) is 1. The average molecular weight is 441 g/mol. The first-order chi connectivity index (χ1) is 15.3. The van der Waals surface area contributed by atoms with Gasteiger partial charge in [-0.2, -0.15) is 0 Å². The lowest BCUT2D eigenvalue weighted by Gasteiger charge is -2.47. The molecule has 1 saturated heterocycles. The van der Waals surface area contributed by atoms with Gasteiger partial charge in [0, 0.05) is 30.9 Å². The third kappa shape index (κ3) is 3.54. The average Bonchev–Trinajstić information content (AvgIpc) is 2.79. The summed E-state index contributed by atoms with van der Waals surface area (Å²) in [5.74, 6) is -3.34. The number of aromatic nitrogens is 1. The number of nitrogens with two attached hydrogens (primary N) is 1. The van der Waals surface area contributed by atoms with Crippen molar-refractivity contribution in [2.45, 2.75) is 31.4 Å². The SMILES string of the molecule is [C-]#[N+]c1ccnc(Oc2cc([C@]34CO[C@@H](CC)C[C@H]3C(=O)N(C)C(N)=N4)c(F)cc2F)c1. The Kier molecular flexibility index (Phi) is 5.52. The minimum atomic E-state index is -1.46. The second-order valence-electron chi connectivity index (χ2n) is 7.75. The number of halogens is 2. The molecule has 0 saturated carbocycles. The van der Waals surface area contributed by atoms with Crippen molar-refractivity contribution in [3.05, 3.63) is 59.1 Å². The largest absolute Gasteiger partial charge is 0.437 e. The fraction of sp³-hybridized carbons (Fsp3) is 0.364. The van der Waals surface area contributed by atoms with E-state index in [9.17, 15) is 9.18 Å². The summed E-state index contributed by atoms with van der Waals surface area (Å²) >= 11 is 0. The third-order valence-electron chi connectivity index (χ3n) is 5.91. The number of carbonyl (C=O) groups is 1. The number of aliphatic imine (C=N–C) groups is 1. The molecule has 166 valence electrons. The van der Waals surface area contributed by atoms with Crippen LogP contribution in [0, 0.1) is 24.1 Å². The number of hydrogen-bond acceptors (Lipinski definition) is 6. The first-order valence-corrected chi connectivity index (χ1v) is 10.0. The van der Waals surface area contributed by atoms with Crippen LogP contribution in [0.1, 0.15) is 25.3 Å². The van der Waals surface area contributed by atoms with E-state index in [2.05, 4.69) is 14.8 Å². The Balaban J connectivity index is 1.83. The van der Waals surface area contributed by atoms with Gasteiger partial charge < -0.3 is 15.2 Å². The molecule has 2 aromatic rings. The van der Waals surface area contributed by atoms with Crippen LogP contribution in [0.3, 0.4) is 0 Å². The molecule has 0 spiro atoms. The molecule has 0 unspecified atom stereocenters. The Morgan fingerprint density at radius 1 is 1.38 bits per heavy atom. The van der Waals surface area contributed by atoms with E-state index in [0.717, 1.165) is 6.07 Å². The molecule has 2 aliphatic heterocycles. The van der Waals surface area contributed by atoms with Gasteiger partial charge in [-0.3, -0.25) is 9.69 Å². The van der Waals surface area contributed by atoms with Crippen LogP contribution in [0.5, 0.6) is 11.6 Å². The zero-order valence-corrected chi connectivity index (χ0v) is 17.5. The zero-order valence-electron chi connectivity index (χ0n) is 17.5. The van der Waals surface area contributed by atoms with E-state index in [1.165, 1.54) is 30.3 Å². The molecule has 2 N–H and O–H groups in total. The zero-order chi connectivity index (χ0) is 23.0. The van der Waals surface area contributed by atoms with Crippen molar-refractivity contribution in [2.24, 2.45) is 16.6 Å². The van der Waals surface area contributed by atoms with Crippen molar-refractivity contribution >= 4 is 17.6 Å². The summed E-state index contributed by atoms with van der Waals surface area (Å²) in [4.78, 5) is 26.0. The van der Waals surface area contributed by atoms with Gasteiger partial charge in [-0.15, -0.1) is 0 Å². The molecule has 0 bridgehead atoms. The number of ether oxygens (including phenoxy) is 2. The summed E-state index contributed by atoms with van der Waals surface area (Å²) in [7, 11) is 1.51. The van der Waals surface area contributed by atoms with Crippen LogP contribution in [-0.4, -0.2) is 41.5 Å². The summed E-state index contributed by atoms with van der Waals surface area (Å²) in [5, 5.41) is 0. The number of nitrogens with zero attached hydrogens (tertiary/aromatic N) is 4. The van der Waals surface area contributed by atoms with Crippen LogP contribution in [0.15, 0.2) is 35.5 Å². The minimum absolute atomic E-state index is 0.0302. The normalized spacial score (nSPS) is 25.0. The van der Waals surface area contributed by atoms with Crippen molar-refractivity contribution in [1.82, 2.24) is 9.88 Å². The number of amides is 1. The molecule has 10 heteroatoms. The second-order valence-corrected chi connectivity index (χ2v) is 7.75. The van der Waals surface area contributed by atoms with E-state index in [1.54, 1.807) is 0 Å². The van der Waals surface area contributed by atoms with Crippen LogP contribution in [0.25, 0.3) is 4.85 Å². The van der Waals surface area contributed by atoms with Crippen LogP contribution in [0.2, 0.25) is 0 Å². The molecule has 1 aromatic heterocycles. The smallest absolute Gasteiger partial charge is 0.235 e. The topological polar surface area (TPSA) is 94.4 Å². The lowest BCUT2D eigenvalue weighted by atomic mass is 9.72. The number of benzene rings is 1. The fourth-order valence-electron chi connectivity index (χ4n) is 4.10. The molecule has 2 aliphatic rings. The highest BCUT2D eigenvalue weighted by atomic mass is 19.1. The molecule has 0 radical (unpaired) electrons. The molecule has 1 amide bonds. The molecule has 1 aromatic carbocycles. The molecular formula is C22H21F2N5O3. The molecule has 3 heterocycles. The standard InChI is InChI=1S/C22H21F2N5O3/c1-4-13-8-15-20(30)29(3)21(25)28-22(15,11-31-13)14-9-18(17(24)10-16(14)23)32-19-7-12(26-2)5-6-27-19/h5-7,9-10,13,15H,4,8,11H2,1,3H3,(H2,25,28)/t13-,15-,22+/m0/s1. The maximum absolute atomic E-state index is 15.1. The molecule has 32 heavy (non-hydrogen) atoms. The number of fused-ring (bicyclic) bond motifs is 1. The lowest BCUT2D eigenvalue weighted by Crippen LogP contribution is -2.59. The molecular weight excluding hydrogens is 420 g/mol. The van der Waals surface area contributed by atoms with Gasteiger partial charge in [0.25, 0.3) is 0 Å². The Bertz CT molecular complexity index is 1150. The highest BCUT2D eigenvalue weighted by molar-refractivity contribution is 6.00. The van der Waals surface area contributed by atoms with Crippen molar-refractivity contribution in [1.29, 1.82) is 0 Å². The monoisotopic (exact) mass is 441 g/mol. The Morgan fingerprint density at radius 3 is 2.88 bits per heavy atom. The molecule has 3 atom stereocenters. The van der Waals surface area contributed by atoms with Gasteiger partial charge in [-0.25, -0.2) is 23.6 Å². The molecule has 1 fully saturated rings. The first-order valence-electron chi connectivity index (χ1n) is 10.0. The maximum Gasteiger partial charge on any atom is 0.235 e. The van der Waals surface area contributed by atoms with Crippen LogP contribution < -0.4 is 10.5 Å². The number of guanidine groups is 1. The fourth-order valence-corrected chi connectivity index (χ4v) is 4.10. The van der Waals surface area contributed by atoms with Gasteiger partial charge in [0.1, 0.15) is 11.4 Å². The maximum atomic E-state index is 15.1. The minimum Gasteiger partial charge on any atom is -0.437 e. The quantitative estimate of drug-likeness (QED) is 0.733.